The normalized spacial score (nSPS) is 10.6. The molecule has 4 nitrogen and oxygen atoms in total. The molecule has 0 aromatic heterocycles. The number of hydrogen-bond donors (Lipinski definition) is 0. The molecule has 5 heteroatoms. The minimum Gasteiger partial charge on any atom is -0.461 e. The lowest BCUT2D eigenvalue weighted by molar-refractivity contribution is -0.142. The molecule has 0 amide bonds. The summed E-state index contributed by atoms with van der Waals surface area (Å²) in [6.45, 7) is 2.31. The Morgan fingerprint density at radius 1 is 1.14 bits per heavy atom. The fraction of sp³-hybridized carbons (Fsp3) is 0.412. The van der Waals surface area contributed by atoms with Gasteiger partial charge in [-0.2, -0.15) is 0 Å². The van der Waals surface area contributed by atoms with Gasteiger partial charge in [0.05, 0.1) is 0 Å². The topological polar surface area (TPSA) is 52.6 Å². The highest BCUT2D eigenvalue weighted by molar-refractivity contribution is 5.74. The molecule has 0 unspecified atom stereocenters. The molecule has 0 fully saturated rings. The summed E-state index contributed by atoms with van der Waals surface area (Å²) in [5, 5.41) is 0. The molecule has 120 valence electrons. The third-order valence-electron chi connectivity index (χ3n) is 2.78. The minimum absolute atomic E-state index is 0.0368. The molecule has 0 aliphatic carbocycles. The number of para-hydroxylation sites is 1. The molecular formula is C17H21FO4. The van der Waals surface area contributed by atoms with Crippen LogP contribution in [0.25, 0.3) is 0 Å². The van der Waals surface area contributed by atoms with Gasteiger partial charge in [-0.05, 0) is 25.0 Å². The molecular weight excluding hydrogens is 287 g/mol. The largest absolute Gasteiger partial charge is 0.461 e. The van der Waals surface area contributed by atoms with Crippen LogP contribution in [0.1, 0.15) is 39.0 Å². The van der Waals surface area contributed by atoms with Crippen LogP contribution in [0.3, 0.4) is 0 Å². The Labute approximate surface area is 129 Å². The molecule has 22 heavy (non-hydrogen) atoms. The maximum absolute atomic E-state index is 13.3. The van der Waals surface area contributed by atoms with Gasteiger partial charge in [0.2, 0.25) is 0 Å². The van der Waals surface area contributed by atoms with Gasteiger partial charge in [0.15, 0.2) is 11.6 Å². The molecule has 0 spiro atoms. The lowest BCUT2D eigenvalue weighted by atomic mass is 10.2. The molecule has 0 atom stereocenters. The fourth-order valence-corrected chi connectivity index (χ4v) is 1.64. The summed E-state index contributed by atoms with van der Waals surface area (Å²) in [5.74, 6) is -1.62. The predicted octanol–water partition coefficient (Wildman–Crippen LogP) is 3.80. The Morgan fingerprint density at radius 3 is 2.59 bits per heavy atom. The number of halogens is 1. The van der Waals surface area contributed by atoms with Crippen molar-refractivity contribution in [2.75, 3.05) is 6.61 Å². The molecule has 0 radical (unpaired) electrons. The van der Waals surface area contributed by atoms with Crippen LogP contribution in [0, 0.1) is 5.82 Å². The van der Waals surface area contributed by atoms with Crippen molar-refractivity contribution < 1.29 is 23.5 Å². The zero-order valence-corrected chi connectivity index (χ0v) is 12.7. The SMILES string of the molecule is CCC/C=C/COC(=O)CCCC(=O)Oc1ccccc1F. The van der Waals surface area contributed by atoms with Gasteiger partial charge in [-0.15, -0.1) is 0 Å². The second kappa shape index (κ2) is 10.5. The number of rotatable bonds is 9. The zero-order valence-electron chi connectivity index (χ0n) is 12.7. The van der Waals surface area contributed by atoms with Crippen molar-refractivity contribution in [2.45, 2.75) is 39.0 Å². The van der Waals surface area contributed by atoms with Crippen LogP contribution in [-0.4, -0.2) is 18.5 Å². The van der Waals surface area contributed by atoms with E-state index in [1.807, 2.05) is 6.08 Å². The van der Waals surface area contributed by atoms with Crippen molar-refractivity contribution in [1.82, 2.24) is 0 Å². The van der Waals surface area contributed by atoms with E-state index in [0.29, 0.717) is 6.42 Å². The van der Waals surface area contributed by atoms with Crippen LogP contribution in [0.2, 0.25) is 0 Å². The molecule has 0 aliphatic heterocycles. The van der Waals surface area contributed by atoms with E-state index >= 15 is 0 Å². The van der Waals surface area contributed by atoms with Crippen molar-refractivity contribution in [3.05, 3.63) is 42.2 Å². The van der Waals surface area contributed by atoms with Crippen molar-refractivity contribution in [3.8, 4) is 5.75 Å². The van der Waals surface area contributed by atoms with Crippen molar-refractivity contribution in [1.29, 1.82) is 0 Å². The average Bonchev–Trinajstić information content (AvgIpc) is 2.49. The third kappa shape index (κ3) is 7.57. The molecule has 1 aromatic carbocycles. The molecule has 0 N–H and O–H groups in total. The second-order valence-electron chi connectivity index (χ2n) is 4.70. The van der Waals surface area contributed by atoms with E-state index in [4.69, 9.17) is 9.47 Å². The molecule has 0 bridgehead atoms. The number of esters is 2. The van der Waals surface area contributed by atoms with Crippen molar-refractivity contribution >= 4 is 11.9 Å². The number of carbonyl (C=O) groups is 2. The summed E-state index contributed by atoms with van der Waals surface area (Å²) in [6, 6.07) is 5.68. The Kier molecular flexibility index (Phi) is 8.57. The molecule has 1 aromatic rings. The van der Waals surface area contributed by atoms with Gasteiger partial charge in [-0.25, -0.2) is 4.39 Å². The van der Waals surface area contributed by atoms with Crippen LogP contribution in [0.15, 0.2) is 36.4 Å². The number of carbonyl (C=O) groups excluding carboxylic acids is 2. The average molecular weight is 308 g/mol. The fourth-order valence-electron chi connectivity index (χ4n) is 1.64. The minimum atomic E-state index is -0.589. The first-order valence-electron chi connectivity index (χ1n) is 7.39. The standard InChI is InChI=1S/C17H21FO4/c1-2-3-4-7-13-21-16(19)11-8-12-17(20)22-15-10-6-5-9-14(15)18/h4-7,9-10H,2-3,8,11-13H2,1H3/b7-4+. The summed E-state index contributed by atoms with van der Waals surface area (Å²) >= 11 is 0. The number of allylic oxidation sites excluding steroid dienone is 1. The summed E-state index contributed by atoms with van der Waals surface area (Å²) in [4.78, 5) is 22.9. The first-order valence-corrected chi connectivity index (χ1v) is 7.39. The van der Waals surface area contributed by atoms with Gasteiger partial charge in [-0.3, -0.25) is 9.59 Å². The van der Waals surface area contributed by atoms with Crippen LogP contribution in [-0.2, 0) is 14.3 Å². The van der Waals surface area contributed by atoms with E-state index in [-0.39, 0.29) is 31.2 Å². The van der Waals surface area contributed by atoms with Crippen LogP contribution < -0.4 is 4.74 Å². The Bertz CT molecular complexity index is 511. The van der Waals surface area contributed by atoms with E-state index in [2.05, 4.69) is 6.92 Å². The van der Waals surface area contributed by atoms with Gasteiger partial charge in [-0.1, -0.05) is 37.6 Å². The highest BCUT2D eigenvalue weighted by Gasteiger charge is 2.10. The maximum atomic E-state index is 13.3. The number of unbranched alkanes of at least 4 members (excludes halogenated alkanes) is 1. The van der Waals surface area contributed by atoms with Gasteiger partial charge in [0, 0.05) is 12.8 Å². The number of hydrogen-bond acceptors (Lipinski definition) is 4. The van der Waals surface area contributed by atoms with E-state index in [9.17, 15) is 14.0 Å². The Balaban J connectivity index is 2.17. The van der Waals surface area contributed by atoms with Crippen molar-refractivity contribution in [2.24, 2.45) is 0 Å². The van der Waals surface area contributed by atoms with Gasteiger partial charge in [0.1, 0.15) is 6.61 Å². The lowest BCUT2D eigenvalue weighted by Crippen LogP contribution is -2.10. The zero-order chi connectivity index (χ0) is 16.2. The lowest BCUT2D eigenvalue weighted by Gasteiger charge is -2.05. The summed E-state index contributed by atoms with van der Waals surface area (Å²) in [7, 11) is 0. The molecule has 1 rings (SSSR count). The van der Waals surface area contributed by atoms with E-state index in [0.717, 1.165) is 12.8 Å². The highest BCUT2D eigenvalue weighted by atomic mass is 19.1. The highest BCUT2D eigenvalue weighted by Crippen LogP contribution is 2.16. The molecule has 0 saturated heterocycles. The van der Waals surface area contributed by atoms with Crippen LogP contribution in [0.5, 0.6) is 5.75 Å². The van der Waals surface area contributed by atoms with Crippen LogP contribution >= 0.6 is 0 Å². The smallest absolute Gasteiger partial charge is 0.311 e. The van der Waals surface area contributed by atoms with Crippen LogP contribution in [0.4, 0.5) is 4.39 Å². The maximum Gasteiger partial charge on any atom is 0.311 e. The van der Waals surface area contributed by atoms with Gasteiger partial charge in [0.25, 0.3) is 0 Å². The number of ether oxygens (including phenoxy) is 2. The predicted molar refractivity (Wildman–Crippen MR) is 80.9 cm³/mol. The second-order valence-corrected chi connectivity index (χ2v) is 4.70. The molecule has 0 saturated carbocycles. The first kappa shape index (κ1) is 17.9. The Hall–Kier alpha value is -2.17. The molecule has 0 aliphatic rings. The van der Waals surface area contributed by atoms with Gasteiger partial charge >= 0.3 is 11.9 Å². The third-order valence-corrected chi connectivity index (χ3v) is 2.78. The van der Waals surface area contributed by atoms with E-state index in [1.165, 1.54) is 18.2 Å². The number of benzene rings is 1. The monoisotopic (exact) mass is 308 g/mol. The van der Waals surface area contributed by atoms with E-state index in [1.54, 1.807) is 12.1 Å². The molecule has 0 heterocycles. The first-order chi connectivity index (χ1) is 10.6. The summed E-state index contributed by atoms with van der Waals surface area (Å²) < 4.78 is 23.1. The van der Waals surface area contributed by atoms with Gasteiger partial charge < -0.3 is 9.47 Å². The summed E-state index contributed by atoms with van der Waals surface area (Å²) in [6.07, 6.45) is 6.24. The Morgan fingerprint density at radius 2 is 1.86 bits per heavy atom. The van der Waals surface area contributed by atoms with Crippen molar-refractivity contribution in [3.63, 3.8) is 0 Å². The quantitative estimate of drug-likeness (QED) is 0.395. The summed E-state index contributed by atoms with van der Waals surface area (Å²) in [5.41, 5.74) is 0. The van der Waals surface area contributed by atoms with E-state index < -0.39 is 11.8 Å².